The second-order valence-corrected chi connectivity index (χ2v) is 10.2. The van der Waals surface area contributed by atoms with Crippen molar-refractivity contribution in [3.8, 4) is 0 Å². The Balaban J connectivity index is 1.23. The maximum absolute atomic E-state index is 13.2. The zero-order chi connectivity index (χ0) is 15.9. The van der Waals surface area contributed by atoms with Gasteiger partial charge in [-0.15, -0.1) is 0 Å². The summed E-state index contributed by atoms with van der Waals surface area (Å²) >= 11 is 0. The predicted octanol–water partition coefficient (Wildman–Crippen LogP) is 4.22. The van der Waals surface area contributed by atoms with Gasteiger partial charge in [0, 0.05) is 11.1 Å². The average molecular weight is 329 g/mol. The molecule has 0 radical (unpaired) electrons. The molecule has 8 atom stereocenters. The molecule has 0 aromatic heterocycles. The number of hydrogen-bond donors (Lipinski definition) is 2. The number of nitrogens with one attached hydrogen (secondary N) is 2. The van der Waals surface area contributed by atoms with Crippen LogP contribution in [0.15, 0.2) is 0 Å². The Labute approximate surface area is 145 Å². The Morgan fingerprint density at radius 2 is 1.21 bits per heavy atom. The van der Waals surface area contributed by atoms with E-state index in [1.54, 1.807) is 0 Å². The van der Waals surface area contributed by atoms with E-state index in [-0.39, 0.29) is 17.1 Å². The van der Waals surface area contributed by atoms with Gasteiger partial charge in [-0.1, -0.05) is 12.8 Å². The summed E-state index contributed by atoms with van der Waals surface area (Å²) < 4.78 is 0. The Morgan fingerprint density at radius 1 is 0.708 bits per heavy atom. The fourth-order valence-electron chi connectivity index (χ4n) is 9.11. The van der Waals surface area contributed by atoms with E-state index in [4.69, 9.17) is 0 Å². The first-order valence-electron chi connectivity index (χ1n) is 10.8. The zero-order valence-electron chi connectivity index (χ0n) is 14.9. The topological polar surface area (TPSA) is 41.1 Å². The molecule has 132 valence electrons. The molecule has 0 aromatic carbocycles. The van der Waals surface area contributed by atoms with E-state index in [0.29, 0.717) is 0 Å². The van der Waals surface area contributed by atoms with E-state index in [2.05, 4.69) is 10.6 Å². The Kier molecular flexibility index (Phi) is 2.83. The number of hydrogen-bond acceptors (Lipinski definition) is 1. The fourth-order valence-corrected chi connectivity index (χ4v) is 9.11. The van der Waals surface area contributed by atoms with E-state index in [1.165, 1.54) is 77.0 Å². The molecule has 6 rings (SSSR count). The molecular weight excluding hydrogens is 296 g/mol. The standard InChI is InChI=1S/C21H32N2O/c24-19(22-20-9-1-3-17(20)13-5-7-15(20)11-13)23-21-10-2-4-18(21)14-6-8-16(21)12-14/h13-18H,1-12H2,(H2,22,23,24)/t13-,14+,15-,16+,17-,18-,20-,21-/m1/s1. The number of carbonyl (C=O) groups excluding carboxylic acids is 1. The Hall–Kier alpha value is -0.730. The van der Waals surface area contributed by atoms with Crippen molar-refractivity contribution in [2.45, 2.75) is 88.1 Å². The van der Waals surface area contributed by atoms with Gasteiger partial charge in [0.1, 0.15) is 0 Å². The largest absolute Gasteiger partial charge is 0.332 e. The first-order chi connectivity index (χ1) is 11.7. The van der Waals surface area contributed by atoms with Crippen LogP contribution in [0.3, 0.4) is 0 Å². The van der Waals surface area contributed by atoms with Crippen LogP contribution in [0.1, 0.15) is 77.0 Å². The Bertz CT molecular complexity index is 528. The zero-order valence-corrected chi connectivity index (χ0v) is 14.9. The monoisotopic (exact) mass is 328 g/mol. The molecule has 0 aromatic rings. The lowest BCUT2D eigenvalue weighted by molar-refractivity contribution is 0.131. The smallest absolute Gasteiger partial charge is 0.315 e. The highest BCUT2D eigenvalue weighted by Gasteiger charge is 2.63. The van der Waals surface area contributed by atoms with Crippen molar-refractivity contribution in [3.05, 3.63) is 0 Å². The first-order valence-corrected chi connectivity index (χ1v) is 10.8. The molecule has 0 spiro atoms. The van der Waals surface area contributed by atoms with E-state index in [9.17, 15) is 4.79 Å². The minimum atomic E-state index is 0.176. The van der Waals surface area contributed by atoms with Crippen LogP contribution in [0.5, 0.6) is 0 Å². The molecule has 0 saturated heterocycles. The molecule has 2 amide bonds. The minimum Gasteiger partial charge on any atom is -0.332 e. The van der Waals surface area contributed by atoms with Crippen LogP contribution in [0.4, 0.5) is 4.79 Å². The van der Waals surface area contributed by atoms with E-state index < -0.39 is 0 Å². The summed E-state index contributed by atoms with van der Waals surface area (Å²) in [6, 6.07) is 0.203. The molecule has 0 unspecified atom stereocenters. The van der Waals surface area contributed by atoms with Crippen molar-refractivity contribution in [3.63, 3.8) is 0 Å². The van der Waals surface area contributed by atoms with Crippen molar-refractivity contribution in [1.29, 1.82) is 0 Å². The first kappa shape index (κ1) is 14.4. The molecular formula is C21H32N2O. The predicted molar refractivity (Wildman–Crippen MR) is 93.5 cm³/mol. The van der Waals surface area contributed by atoms with Gasteiger partial charge in [-0.25, -0.2) is 4.79 Å². The maximum atomic E-state index is 13.2. The molecule has 0 heterocycles. The van der Waals surface area contributed by atoms with E-state index >= 15 is 0 Å². The van der Waals surface area contributed by atoms with Gasteiger partial charge in [0.25, 0.3) is 0 Å². The molecule has 3 heteroatoms. The summed E-state index contributed by atoms with van der Waals surface area (Å²) in [6.07, 6.45) is 16.2. The quantitative estimate of drug-likeness (QED) is 0.783. The van der Waals surface area contributed by atoms with Gasteiger partial charge in [-0.3, -0.25) is 0 Å². The van der Waals surface area contributed by atoms with Gasteiger partial charge in [0.05, 0.1) is 0 Å². The van der Waals surface area contributed by atoms with Crippen molar-refractivity contribution in [1.82, 2.24) is 10.6 Å². The van der Waals surface area contributed by atoms with Gasteiger partial charge in [-0.05, 0) is 99.7 Å². The molecule has 6 aliphatic rings. The molecule has 6 aliphatic carbocycles. The Morgan fingerprint density at radius 3 is 1.71 bits per heavy atom. The lowest BCUT2D eigenvalue weighted by atomic mass is 9.74. The van der Waals surface area contributed by atoms with Gasteiger partial charge in [0.15, 0.2) is 0 Å². The highest BCUT2D eigenvalue weighted by atomic mass is 16.2. The summed E-state index contributed by atoms with van der Waals surface area (Å²) in [5, 5.41) is 7.26. The van der Waals surface area contributed by atoms with Crippen LogP contribution < -0.4 is 10.6 Å². The second-order valence-electron chi connectivity index (χ2n) is 10.2. The highest BCUT2D eigenvalue weighted by molar-refractivity contribution is 5.76. The third-order valence-corrected chi connectivity index (χ3v) is 9.77. The van der Waals surface area contributed by atoms with Crippen LogP contribution in [0, 0.1) is 35.5 Å². The van der Waals surface area contributed by atoms with Crippen LogP contribution in [0.2, 0.25) is 0 Å². The maximum Gasteiger partial charge on any atom is 0.315 e. The van der Waals surface area contributed by atoms with Gasteiger partial charge in [0.2, 0.25) is 0 Å². The summed E-state index contributed by atoms with van der Waals surface area (Å²) in [5.74, 6) is 4.96. The lowest BCUT2D eigenvalue weighted by Gasteiger charge is -2.44. The van der Waals surface area contributed by atoms with Crippen LogP contribution >= 0.6 is 0 Å². The number of urea groups is 1. The second kappa shape index (κ2) is 4.71. The molecule has 6 fully saturated rings. The van der Waals surface area contributed by atoms with Crippen LogP contribution in [-0.2, 0) is 0 Å². The van der Waals surface area contributed by atoms with Gasteiger partial charge >= 0.3 is 6.03 Å². The third-order valence-electron chi connectivity index (χ3n) is 9.77. The molecule has 6 saturated carbocycles. The third kappa shape index (κ3) is 1.63. The molecule has 3 nitrogen and oxygen atoms in total. The molecule has 2 N–H and O–H groups in total. The average Bonchev–Trinajstić information content (AvgIpc) is 3.34. The van der Waals surface area contributed by atoms with Crippen molar-refractivity contribution in [2.24, 2.45) is 35.5 Å². The van der Waals surface area contributed by atoms with Gasteiger partial charge < -0.3 is 10.6 Å². The number of fused-ring (bicyclic) bond motifs is 10. The summed E-state index contributed by atoms with van der Waals surface area (Å²) in [7, 11) is 0. The number of rotatable bonds is 2. The van der Waals surface area contributed by atoms with E-state index in [0.717, 1.165) is 35.5 Å². The SMILES string of the molecule is O=C(N[C@@]12CCC[C@@H]1[C@@H]1CC[C@@H]2C1)N[C@@]12CCC[C@@H]1[C@H]1CC[C@H]2C1. The van der Waals surface area contributed by atoms with Crippen molar-refractivity contribution >= 4 is 6.03 Å². The van der Waals surface area contributed by atoms with Crippen molar-refractivity contribution in [2.75, 3.05) is 0 Å². The summed E-state index contributed by atoms with van der Waals surface area (Å²) in [6.45, 7) is 0. The summed E-state index contributed by atoms with van der Waals surface area (Å²) in [5.41, 5.74) is 0.352. The van der Waals surface area contributed by atoms with E-state index in [1.807, 2.05) is 0 Å². The normalized spacial score (nSPS) is 56.5. The minimum absolute atomic E-state index is 0.176. The number of carbonyl (C=O) groups is 1. The molecule has 24 heavy (non-hydrogen) atoms. The lowest BCUT2D eigenvalue weighted by Crippen LogP contribution is -2.63. The number of amides is 2. The summed E-state index contributed by atoms with van der Waals surface area (Å²) in [4.78, 5) is 13.2. The molecule has 4 bridgehead atoms. The van der Waals surface area contributed by atoms with Crippen LogP contribution in [-0.4, -0.2) is 17.1 Å². The van der Waals surface area contributed by atoms with Crippen molar-refractivity contribution < 1.29 is 4.79 Å². The van der Waals surface area contributed by atoms with Crippen LogP contribution in [0.25, 0.3) is 0 Å². The fraction of sp³-hybridized carbons (Fsp3) is 0.952. The van der Waals surface area contributed by atoms with Gasteiger partial charge in [-0.2, -0.15) is 0 Å². The molecule has 0 aliphatic heterocycles. The highest BCUT2D eigenvalue weighted by Crippen LogP contribution is 2.62.